The summed E-state index contributed by atoms with van der Waals surface area (Å²) in [4.78, 5) is 18.5. The van der Waals surface area contributed by atoms with E-state index in [9.17, 15) is 4.79 Å². The average molecular weight is 263 g/mol. The number of aromatic nitrogens is 1. The van der Waals surface area contributed by atoms with Crippen LogP contribution in [0.3, 0.4) is 0 Å². The summed E-state index contributed by atoms with van der Waals surface area (Å²) in [6, 6.07) is 3.59. The van der Waals surface area contributed by atoms with Gasteiger partial charge in [0.05, 0.1) is 17.3 Å². The molecule has 0 spiro atoms. The van der Waals surface area contributed by atoms with Crippen molar-refractivity contribution in [3.8, 4) is 0 Å². The number of carbonyl (C=O) groups is 1. The van der Waals surface area contributed by atoms with Crippen LogP contribution in [0, 0.1) is 6.92 Å². The van der Waals surface area contributed by atoms with Gasteiger partial charge in [0.15, 0.2) is 0 Å². The molecule has 1 unspecified atom stereocenters. The van der Waals surface area contributed by atoms with Gasteiger partial charge in [0.25, 0.3) is 5.91 Å². The van der Waals surface area contributed by atoms with Crippen LogP contribution < -0.4 is 5.73 Å². The minimum absolute atomic E-state index is 0.000394. The molecule has 5 nitrogen and oxygen atoms in total. The maximum Gasteiger partial charge on any atom is 0.255 e. The highest BCUT2D eigenvalue weighted by atomic mass is 16.5. The van der Waals surface area contributed by atoms with Crippen molar-refractivity contribution in [3.63, 3.8) is 0 Å². The van der Waals surface area contributed by atoms with Crippen LogP contribution in [0.2, 0.25) is 0 Å². The lowest BCUT2D eigenvalue weighted by Crippen LogP contribution is -2.56. The van der Waals surface area contributed by atoms with Gasteiger partial charge in [-0.15, -0.1) is 0 Å². The lowest BCUT2D eigenvalue weighted by atomic mass is 10.0. The van der Waals surface area contributed by atoms with E-state index < -0.39 is 0 Å². The Kier molecular flexibility index (Phi) is 3.87. The van der Waals surface area contributed by atoms with E-state index in [0.717, 1.165) is 5.69 Å². The van der Waals surface area contributed by atoms with Crippen molar-refractivity contribution in [3.05, 3.63) is 29.6 Å². The molecule has 2 heterocycles. The van der Waals surface area contributed by atoms with Crippen molar-refractivity contribution in [2.24, 2.45) is 5.73 Å². The highest BCUT2D eigenvalue weighted by Crippen LogP contribution is 2.22. The molecule has 2 rings (SSSR count). The zero-order valence-corrected chi connectivity index (χ0v) is 11.7. The summed E-state index contributed by atoms with van der Waals surface area (Å²) in [6.07, 6.45) is 1.59. The molecule has 1 aliphatic heterocycles. The number of carbonyl (C=O) groups excluding carboxylic acids is 1. The Morgan fingerprint density at radius 3 is 3.00 bits per heavy atom. The fourth-order valence-electron chi connectivity index (χ4n) is 2.45. The number of hydrogen-bond acceptors (Lipinski definition) is 4. The van der Waals surface area contributed by atoms with Crippen LogP contribution in [-0.2, 0) is 4.74 Å². The largest absolute Gasteiger partial charge is 0.367 e. The van der Waals surface area contributed by atoms with Gasteiger partial charge in [-0.05, 0) is 32.9 Å². The highest BCUT2D eigenvalue weighted by molar-refractivity contribution is 5.95. The summed E-state index contributed by atoms with van der Waals surface area (Å²) < 4.78 is 5.83. The van der Waals surface area contributed by atoms with Crippen molar-refractivity contribution in [2.75, 3.05) is 19.6 Å². The van der Waals surface area contributed by atoms with E-state index in [0.29, 0.717) is 25.2 Å². The Morgan fingerprint density at radius 1 is 1.63 bits per heavy atom. The SMILES string of the molecule is Cc1ncccc1C(=O)N1CC(CN)OC(C)(C)C1. The second-order valence-electron chi connectivity index (χ2n) is 5.56. The van der Waals surface area contributed by atoms with Crippen LogP contribution in [0.1, 0.15) is 29.9 Å². The van der Waals surface area contributed by atoms with E-state index in [1.807, 2.05) is 31.7 Å². The zero-order chi connectivity index (χ0) is 14.0. The molecule has 1 aliphatic rings. The van der Waals surface area contributed by atoms with Crippen molar-refractivity contribution in [1.82, 2.24) is 9.88 Å². The van der Waals surface area contributed by atoms with Gasteiger partial charge in [-0.1, -0.05) is 0 Å². The zero-order valence-electron chi connectivity index (χ0n) is 11.7. The summed E-state index contributed by atoms with van der Waals surface area (Å²) in [5.41, 5.74) is 6.71. The molecule has 0 bridgehead atoms. The van der Waals surface area contributed by atoms with Crippen molar-refractivity contribution < 1.29 is 9.53 Å². The normalized spacial score (nSPS) is 22.3. The van der Waals surface area contributed by atoms with Crippen LogP contribution in [0.4, 0.5) is 0 Å². The second-order valence-corrected chi connectivity index (χ2v) is 5.56. The van der Waals surface area contributed by atoms with Crippen LogP contribution in [0.5, 0.6) is 0 Å². The molecule has 1 saturated heterocycles. The molecule has 0 radical (unpaired) electrons. The Morgan fingerprint density at radius 2 is 2.37 bits per heavy atom. The van der Waals surface area contributed by atoms with Gasteiger partial charge in [-0.25, -0.2) is 0 Å². The number of nitrogens with two attached hydrogens (primary N) is 1. The Labute approximate surface area is 113 Å². The third kappa shape index (κ3) is 3.11. The lowest BCUT2D eigenvalue weighted by molar-refractivity contribution is -0.122. The fraction of sp³-hybridized carbons (Fsp3) is 0.571. The summed E-state index contributed by atoms with van der Waals surface area (Å²) in [7, 11) is 0. The van der Waals surface area contributed by atoms with Crippen molar-refractivity contribution >= 4 is 5.91 Å². The standard InChI is InChI=1S/C14H21N3O2/c1-10-12(5-4-6-16-10)13(18)17-8-11(7-15)19-14(2,3)9-17/h4-6,11H,7-9,15H2,1-3H3. The molecule has 0 aromatic carbocycles. The summed E-state index contributed by atoms with van der Waals surface area (Å²) in [6.45, 7) is 7.32. The maximum atomic E-state index is 12.6. The quantitative estimate of drug-likeness (QED) is 0.863. The third-order valence-corrected chi connectivity index (χ3v) is 3.27. The number of pyridine rings is 1. The predicted octanol–water partition coefficient (Wildman–Crippen LogP) is 0.968. The van der Waals surface area contributed by atoms with Gasteiger partial charge in [-0.3, -0.25) is 9.78 Å². The average Bonchev–Trinajstić information content (AvgIpc) is 2.36. The molecule has 2 N–H and O–H groups in total. The van der Waals surface area contributed by atoms with Gasteiger partial charge < -0.3 is 15.4 Å². The van der Waals surface area contributed by atoms with Crippen LogP contribution >= 0.6 is 0 Å². The maximum absolute atomic E-state index is 12.6. The van der Waals surface area contributed by atoms with Gasteiger partial charge in [0.2, 0.25) is 0 Å². The van der Waals surface area contributed by atoms with Crippen molar-refractivity contribution in [1.29, 1.82) is 0 Å². The summed E-state index contributed by atoms with van der Waals surface area (Å²) in [5.74, 6) is 0.000394. The first-order valence-corrected chi connectivity index (χ1v) is 6.52. The number of rotatable bonds is 2. The minimum atomic E-state index is -0.367. The molecule has 1 fully saturated rings. The van der Waals surface area contributed by atoms with Crippen LogP contribution in [0.15, 0.2) is 18.3 Å². The van der Waals surface area contributed by atoms with E-state index in [4.69, 9.17) is 10.5 Å². The molecule has 1 atom stereocenters. The molecule has 19 heavy (non-hydrogen) atoms. The van der Waals surface area contributed by atoms with Gasteiger partial charge in [0, 0.05) is 31.5 Å². The predicted molar refractivity (Wildman–Crippen MR) is 72.9 cm³/mol. The number of aryl methyl sites for hydroxylation is 1. The molecule has 0 saturated carbocycles. The topological polar surface area (TPSA) is 68.5 Å². The second kappa shape index (κ2) is 5.27. The summed E-state index contributed by atoms with van der Waals surface area (Å²) in [5, 5.41) is 0. The number of hydrogen-bond donors (Lipinski definition) is 1. The first kappa shape index (κ1) is 14.0. The molecule has 1 aromatic heterocycles. The Hall–Kier alpha value is -1.46. The Balaban J connectivity index is 2.21. The first-order chi connectivity index (χ1) is 8.93. The number of nitrogens with zero attached hydrogens (tertiary/aromatic N) is 2. The molecule has 5 heteroatoms. The minimum Gasteiger partial charge on any atom is -0.367 e. The number of amides is 1. The van der Waals surface area contributed by atoms with Crippen LogP contribution in [0.25, 0.3) is 0 Å². The van der Waals surface area contributed by atoms with E-state index in [1.54, 1.807) is 12.3 Å². The molecule has 1 aromatic rings. The number of ether oxygens (including phenoxy) is 1. The monoisotopic (exact) mass is 263 g/mol. The Bertz CT molecular complexity index is 474. The molecule has 104 valence electrons. The number of morpholine rings is 1. The van der Waals surface area contributed by atoms with E-state index in [2.05, 4.69) is 4.98 Å². The van der Waals surface area contributed by atoms with Gasteiger partial charge in [-0.2, -0.15) is 0 Å². The molecule has 1 amide bonds. The molecule has 0 aliphatic carbocycles. The lowest BCUT2D eigenvalue weighted by Gasteiger charge is -2.42. The fourth-order valence-corrected chi connectivity index (χ4v) is 2.45. The van der Waals surface area contributed by atoms with Crippen molar-refractivity contribution in [2.45, 2.75) is 32.5 Å². The molecular weight excluding hydrogens is 242 g/mol. The third-order valence-electron chi connectivity index (χ3n) is 3.27. The van der Waals surface area contributed by atoms with Gasteiger partial charge in [0.1, 0.15) is 0 Å². The van der Waals surface area contributed by atoms with E-state index in [1.165, 1.54) is 0 Å². The highest BCUT2D eigenvalue weighted by Gasteiger charge is 2.35. The van der Waals surface area contributed by atoms with Crippen LogP contribution in [-0.4, -0.2) is 47.1 Å². The molecular formula is C14H21N3O2. The van der Waals surface area contributed by atoms with Gasteiger partial charge >= 0.3 is 0 Å². The van der Waals surface area contributed by atoms with E-state index in [-0.39, 0.29) is 17.6 Å². The summed E-state index contributed by atoms with van der Waals surface area (Å²) >= 11 is 0. The first-order valence-electron chi connectivity index (χ1n) is 6.52. The van der Waals surface area contributed by atoms with E-state index >= 15 is 0 Å². The smallest absolute Gasteiger partial charge is 0.255 e.